The van der Waals surface area contributed by atoms with Gasteiger partial charge in [-0.15, -0.1) is 0 Å². The maximum atomic E-state index is 13.7. The number of hydrogen-bond acceptors (Lipinski definition) is 2. The Morgan fingerprint density at radius 3 is 2.50 bits per heavy atom. The highest BCUT2D eigenvalue weighted by atomic mass is 19.1. The summed E-state index contributed by atoms with van der Waals surface area (Å²) in [4.78, 5) is 30.1. The molecule has 0 aliphatic carbocycles. The van der Waals surface area contributed by atoms with E-state index in [9.17, 15) is 14.0 Å². The highest BCUT2D eigenvalue weighted by Gasteiger charge is 2.33. The number of halogens is 1. The second kappa shape index (κ2) is 10.2. The number of aromatic nitrogens is 1. The van der Waals surface area contributed by atoms with Gasteiger partial charge in [-0.2, -0.15) is 0 Å². The van der Waals surface area contributed by atoms with Crippen molar-refractivity contribution in [2.24, 2.45) is 0 Å². The summed E-state index contributed by atoms with van der Waals surface area (Å²) in [6, 6.07) is 17.9. The van der Waals surface area contributed by atoms with E-state index in [1.54, 1.807) is 6.07 Å². The average molecular weight is 462 g/mol. The summed E-state index contributed by atoms with van der Waals surface area (Å²) in [5, 5.41) is 0. The van der Waals surface area contributed by atoms with Crippen LogP contribution in [0.1, 0.15) is 66.3 Å². The van der Waals surface area contributed by atoms with Crippen LogP contribution in [0.2, 0.25) is 0 Å². The Morgan fingerprint density at radius 2 is 1.82 bits per heavy atom. The van der Waals surface area contributed by atoms with Crippen LogP contribution >= 0.6 is 0 Å². The number of carbonyl (C=O) groups is 2. The van der Waals surface area contributed by atoms with E-state index in [0.717, 1.165) is 11.3 Å². The Hall–Kier alpha value is -3.41. The summed E-state index contributed by atoms with van der Waals surface area (Å²) in [6.07, 6.45) is 2.75. The zero-order valence-electron chi connectivity index (χ0n) is 20.1. The van der Waals surface area contributed by atoms with E-state index in [-0.39, 0.29) is 30.0 Å². The molecule has 34 heavy (non-hydrogen) atoms. The van der Waals surface area contributed by atoms with Gasteiger partial charge in [-0.1, -0.05) is 51.1 Å². The van der Waals surface area contributed by atoms with Crippen LogP contribution in [0.3, 0.4) is 0 Å². The molecule has 0 saturated heterocycles. The Bertz CT molecular complexity index is 1150. The first kappa shape index (κ1) is 23.7. The summed E-state index contributed by atoms with van der Waals surface area (Å²) in [6.45, 7) is 7.95. The summed E-state index contributed by atoms with van der Waals surface area (Å²) in [7, 11) is 0. The van der Waals surface area contributed by atoms with Crippen LogP contribution in [-0.4, -0.2) is 45.8 Å². The number of rotatable bonds is 7. The lowest BCUT2D eigenvalue weighted by Crippen LogP contribution is -2.48. The van der Waals surface area contributed by atoms with Gasteiger partial charge in [-0.3, -0.25) is 9.59 Å². The fourth-order valence-electron chi connectivity index (χ4n) is 4.65. The van der Waals surface area contributed by atoms with Crippen molar-refractivity contribution in [1.82, 2.24) is 14.4 Å². The molecule has 178 valence electrons. The molecule has 0 fully saturated rings. The number of benzene rings is 2. The summed E-state index contributed by atoms with van der Waals surface area (Å²) in [5.41, 5.74) is 3.63. The SMILES string of the molecule is CCCN(CC(=O)N1CCn2cccc2C1c1ccc(C(C)C)cc1)C(=O)c1cccc(F)c1. The van der Waals surface area contributed by atoms with E-state index in [0.29, 0.717) is 32.0 Å². The van der Waals surface area contributed by atoms with Gasteiger partial charge >= 0.3 is 0 Å². The van der Waals surface area contributed by atoms with Crippen molar-refractivity contribution < 1.29 is 14.0 Å². The molecule has 1 unspecified atom stereocenters. The van der Waals surface area contributed by atoms with Gasteiger partial charge in [0, 0.05) is 37.1 Å². The molecule has 1 aromatic heterocycles. The number of hydrogen-bond donors (Lipinski definition) is 0. The zero-order chi connectivity index (χ0) is 24.2. The van der Waals surface area contributed by atoms with Gasteiger partial charge in [0.15, 0.2) is 0 Å². The molecule has 0 bridgehead atoms. The molecular weight excluding hydrogens is 429 g/mol. The van der Waals surface area contributed by atoms with Crippen LogP contribution in [0, 0.1) is 5.82 Å². The Kier molecular flexibility index (Phi) is 7.15. The maximum absolute atomic E-state index is 13.7. The fourth-order valence-corrected chi connectivity index (χ4v) is 4.65. The Labute approximate surface area is 200 Å². The van der Waals surface area contributed by atoms with Crippen molar-refractivity contribution in [1.29, 1.82) is 0 Å². The Morgan fingerprint density at radius 1 is 1.06 bits per heavy atom. The topological polar surface area (TPSA) is 45.6 Å². The molecule has 4 rings (SSSR count). The monoisotopic (exact) mass is 461 g/mol. The van der Waals surface area contributed by atoms with E-state index in [1.807, 2.05) is 24.1 Å². The molecular formula is C28H32FN3O2. The van der Waals surface area contributed by atoms with E-state index < -0.39 is 5.82 Å². The van der Waals surface area contributed by atoms with E-state index in [4.69, 9.17) is 0 Å². The molecule has 0 spiro atoms. The molecule has 2 heterocycles. The average Bonchev–Trinajstić information content (AvgIpc) is 3.31. The van der Waals surface area contributed by atoms with Crippen molar-refractivity contribution in [3.05, 3.63) is 95.1 Å². The predicted octanol–water partition coefficient (Wildman–Crippen LogP) is 5.23. The van der Waals surface area contributed by atoms with Crippen LogP contribution in [0.4, 0.5) is 4.39 Å². The standard InChI is InChI=1S/C28H32FN3O2/c1-4-14-31(28(34)23-7-5-8-24(29)18-23)19-26(33)32-17-16-30-15-6-9-25(30)27(32)22-12-10-21(11-13-22)20(2)3/h5-13,15,18,20,27H,4,14,16-17,19H2,1-3H3. The van der Waals surface area contributed by atoms with E-state index >= 15 is 0 Å². The maximum Gasteiger partial charge on any atom is 0.254 e. The zero-order valence-corrected chi connectivity index (χ0v) is 20.1. The third-order valence-electron chi connectivity index (χ3n) is 6.46. The lowest BCUT2D eigenvalue weighted by atomic mass is 9.95. The van der Waals surface area contributed by atoms with Crippen LogP contribution in [-0.2, 0) is 11.3 Å². The van der Waals surface area contributed by atoms with Crippen molar-refractivity contribution in [3.8, 4) is 0 Å². The van der Waals surface area contributed by atoms with Gasteiger partial charge in [0.05, 0.1) is 6.04 Å². The van der Waals surface area contributed by atoms with E-state index in [2.05, 4.69) is 48.7 Å². The van der Waals surface area contributed by atoms with Crippen LogP contribution in [0.15, 0.2) is 66.9 Å². The molecule has 1 aliphatic rings. The fraction of sp³-hybridized carbons (Fsp3) is 0.357. The molecule has 1 atom stereocenters. The molecule has 2 amide bonds. The number of fused-ring (bicyclic) bond motifs is 1. The first-order chi connectivity index (χ1) is 16.4. The first-order valence-electron chi connectivity index (χ1n) is 12.0. The number of nitrogens with zero attached hydrogens (tertiary/aromatic N) is 3. The largest absolute Gasteiger partial charge is 0.348 e. The highest BCUT2D eigenvalue weighted by Crippen LogP contribution is 2.33. The molecule has 5 nitrogen and oxygen atoms in total. The lowest BCUT2D eigenvalue weighted by Gasteiger charge is -2.38. The lowest BCUT2D eigenvalue weighted by molar-refractivity contribution is -0.134. The molecule has 3 aromatic rings. The third kappa shape index (κ3) is 4.91. The molecule has 2 aromatic carbocycles. The molecule has 0 radical (unpaired) electrons. The molecule has 1 aliphatic heterocycles. The molecule has 0 N–H and O–H groups in total. The van der Waals surface area contributed by atoms with Crippen LogP contribution in [0.25, 0.3) is 0 Å². The highest BCUT2D eigenvalue weighted by molar-refractivity contribution is 5.96. The van der Waals surface area contributed by atoms with Gasteiger partial charge in [0.1, 0.15) is 12.4 Å². The number of carbonyl (C=O) groups excluding carboxylic acids is 2. The van der Waals surface area contributed by atoms with Crippen molar-refractivity contribution >= 4 is 11.8 Å². The van der Waals surface area contributed by atoms with Crippen LogP contribution < -0.4 is 0 Å². The number of amides is 2. The molecule has 6 heteroatoms. The third-order valence-corrected chi connectivity index (χ3v) is 6.46. The van der Waals surface area contributed by atoms with Gasteiger partial charge < -0.3 is 14.4 Å². The van der Waals surface area contributed by atoms with Gasteiger partial charge in [-0.05, 0) is 53.8 Å². The van der Waals surface area contributed by atoms with Gasteiger partial charge in [0.2, 0.25) is 5.91 Å². The summed E-state index contributed by atoms with van der Waals surface area (Å²) >= 11 is 0. The minimum atomic E-state index is -0.463. The Balaban J connectivity index is 1.61. The molecule has 0 saturated carbocycles. The smallest absolute Gasteiger partial charge is 0.254 e. The van der Waals surface area contributed by atoms with E-state index in [1.165, 1.54) is 28.7 Å². The van der Waals surface area contributed by atoms with Gasteiger partial charge in [-0.25, -0.2) is 4.39 Å². The minimum Gasteiger partial charge on any atom is -0.348 e. The second-order valence-corrected chi connectivity index (χ2v) is 9.17. The summed E-state index contributed by atoms with van der Waals surface area (Å²) in [5.74, 6) is -0.467. The van der Waals surface area contributed by atoms with Gasteiger partial charge in [0.25, 0.3) is 5.91 Å². The predicted molar refractivity (Wildman–Crippen MR) is 131 cm³/mol. The van der Waals surface area contributed by atoms with Crippen molar-refractivity contribution in [2.75, 3.05) is 19.6 Å². The van der Waals surface area contributed by atoms with Crippen LogP contribution in [0.5, 0.6) is 0 Å². The first-order valence-corrected chi connectivity index (χ1v) is 12.0. The quantitative estimate of drug-likeness (QED) is 0.483. The van der Waals surface area contributed by atoms with Crippen molar-refractivity contribution in [2.45, 2.75) is 45.7 Å². The van der Waals surface area contributed by atoms with Crippen molar-refractivity contribution in [3.63, 3.8) is 0 Å². The normalized spacial score (nSPS) is 15.3. The second-order valence-electron chi connectivity index (χ2n) is 9.17. The summed E-state index contributed by atoms with van der Waals surface area (Å²) < 4.78 is 15.9. The minimum absolute atomic E-state index is 0.0372.